The molecule has 3 rings (SSSR count). The van der Waals surface area contributed by atoms with Crippen molar-refractivity contribution < 1.29 is 9.47 Å². The van der Waals surface area contributed by atoms with Crippen molar-refractivity contribution in [1.29, 1.82) is 0 Å². The maximum atomic E-state index is 6.33. The molecule has 1 saturated carbocycles. The van der Waals surface area contributed by atoms with Crippen LogP contribution in [0.25, 0.3) is 0 Å². The molecule has 0 heterocycles. The first kappa shape index (κ1) is 15.7. The van der Waals surface area contributed by atoms with Gasteiger partial charge in [0.25, 0.3) is 0 Å². The third-order valence-electron chi connectivity index (χ3n) is 4.44. The maximum absolute atomic E-state index is 6.33. The fourth-order valence-corrected chi connectivity index (χ4v) is 3.22. The van der Waals surface area contributed by atoms with Gasteiger partial charge in [-0.15, -0.1) is 0 Å². The van der Waals surface area contributed by atoms with Crippen LogP contribution in [0.15, 0.2) is 48.5 Å². The predicted molar refractivity (Wildman–Crippen MR) is 95.0 cm³/mol. The van der Waals surface area contributed by atoms with Crippen LogP contribution in [0.1, 0.15) is 32.6 Å². The lowest BCUT2D eigenvalue weighted by atomic mass is 10.2. The second-order valence-corrected chi connectivity index (χ2v) is 5.94. The predicted octanol–water partition coefficient (Wildman–Crippen LogP) is 5.17. The van der Waals surface area contributed by atoms with E-state index >= 15 is 0 Å². The third kappa shape index (κ3) is 3.61. The first-order chi connectivity index (χ1) is 11.3. The Balaban J connectivity index is 1.95. The minimum atomic E-state index is 0.329. The molecule has 0 aromatic heterocycles. The zero-order chi connectivity index (χ0) is 16.1. The molecule has 0 amide bonds. The van der Waals surface area contributed by atoms with Crippen molar-refractivity contribution in [3.8, 4) is 11.5 Å². The molecule has 0 saturated heterocycles. The molecule has 0 spiro atoms. The topological polar surface area (TPSA) is 21.7 Å². The lowest BCUT2D eigenvalue weighted by molar-refractivity contribution is 0.210. The minimum absolute atomic E-state index is 0.329. The summed E-state index contributed by atoms with van der Waals surface area (Å²) in [6, 6.07) is 16.6. The number of anilines is 2. The number of hydrogen-bond donors (Lipinski definition) is 0. The van der Waals surface area contributed by atoms with Gasteiger partial charge in [-0.05, 0) is 56.9 Å². The van der Waals surface area contributed by atoms with E-state index in [1.807, 2.05) is 18.2 Å². The van der Waals surface area contributed by atoms with Crippen LogP contribution in [0.2, 0.25) is 0 Å². The molecule has 2 aromatic carbocycles. The van der Waals surface area contributed by atoms with Crippen LogP contribution >= 0.6 is 0 Å². The molecular formula is C20H25NO2. The molecule has 3 nitrogen and oxygen atoms in total. The summed E-state index contributed by atoms with van der Waals surface area (Å²) in [6.45, 7) is 3.05. The Bertz CT molecular complexity index is 621. The highest BCUT2D eigenvalue weighted by atomic mass is 16.5. The van der Waals surface area contributed by atoms with Gasteiger partial charge in [0, 0.05) is 18.3 Å². The molecule has 2 aromatic rings. The van der Waals surface area contributed by atoms with Gasteiger partial charge in [-0.25, -0.2) is 0 Å². The second kappa shape index (κ2) is 7.40. The quantitative estimate of drug-likeness (QED) is 0.734. The van der Waals surface area contributed by atoms with Gasteiger partial charge in [-0.2, -0.15) is 0 Å². The summed E-state index contributed by atoms with van der Waals surface area (Å²) in [6.07, 6.45) is 5.15. The van der Waals surface area contributed by atoms with Crippen molar-refractivity contribution in [2.45, 2.75) is 38.7 Å². The third-order valence-corrected chi connectivity index (χ3v) is 4.44. The average molecular weight is 311 g/mol. The van der Waals surface area contributed by atoms with Crippen LogP contribution in [0.5, 0.6) is 11.5 Å². The number of nitrogens with zero attached hydrogens (tertiary/aromatic N) is 1. The van der Waals surface area contributed by atoms with Gasteiger partial charge in [0.1, 0.15) is 11.5 Å². The van der Waals surface area contributed by atoms with Crippen molar-refractivity contribution >= 4 is 11.4 Å². The standard InChI is InChI=1S/C20H25NO2/c1-3-21(16-9-5-4-6-10-16)19-14-13-18(22-2)15-20(19)23-17-11-7-8-12-17/h4-6,9-10,13-15,17H,3,7-8,11-12H2,1-2H3. The summed E-state index contributed by atoms with van der Waals surface area (Å²) >= 11 is 0. The van der Waals surface area contributed by atoms with Crippen LogP contribution in [0.3, 0.4) is 0 Å². The fraction of sp³-hybridized carbons (Fsp3) is 0.400. The van der Waals surface area contributed by atoms with E-state index in [1.165, 1.54) is 18.5 Å². The zero-order valence-electron chi connectivity index (χ0n) is 14.0. The molecule has 1 fully saturated rings. The van der Waals surface area contributed by atoms with E-state index in [1.54, 1.807) is 7.11 Å². The molecule has 0 unspecified atom stereocenters. The van der Waals surface area contributed by atoms with Gasteiger partial charge < -0.3 is 14.4 Å². The smallest absolute Gasteiger partial charge is 0.147 e. The largest absolute Gasteiger partial charge is 0.497 e. The molecule has 122 valence electrons. The van der Waals surface area contributed by atoms with Crippen LogP contribution in [-0.2, 0) is 0 Å². The van der Waals surface area contributed by atoms with E-state index < -0.39 is 0 Å². The fourth-order valence-electron chi connectivity index (χ4n) is 3.22. The number of ether oxygens (including phenoxy) is 2. The Morgan fingerprint density at radius 3 is 2.43 bits per heavy atom. The average Bonchev–Trinajstić information content (AvgIpc) is 3.11. The first-order valence-corrected chi connectivity index (χ1v) is 8.49. The van der Waals surface area contributed by atoms with Crippen molar-refractivity contribution in [1.82, 2.24) is 0 Å². The normalized spacial score (nSPS) is 14.7. The maximum Gasteiger partial charge on any atom is 0.147 e. The van der Waals surface area contributed by atoms with Gasteiger partial charge in [0.15, 0.2) is 0 Å². The first-order valence-electron chi connectivity index (χ1n) is 8.49. The van der Waals surface area contributed by atoms with E-state index in [0.29, 0.717) is 6.10 Å². The lowest BCUT2D eigenvalue weighted by Gasteiger charge is -2.27. The number of benzene rings is 2. The number of methoxy groups -OCH3 is 1. The van der Waals surface area contributed by atoms with Crippen LogP contribution < -0.4 is 14.4 Å². The highest BCUT2D eigenvalue weighted by Gasteiger charge is 2.20. The molecule has 3 heteroatoms. The lowest BCUT2D eigenvalue weighted by Crippen LogP contribution is -2.19. The molecule has 0 atom stereocenters. The SMILES string of the molecule is CCN(c1ccccc1)c1ccc(OC)cc1OC1CCCC1. The van der Waals surface area contributed by atoms with E-state index in [-0.39, 0.29) is 0 Å². The van der Waals surface area contributed by atoms with Crippen LogP contribution in [-0.4, -0.2) is 19.8 Å². The monoisotopic (exact) mass is 311 g/mol. The number of para-hydroxylation sites is 1. The van der Waals surface area contributed by atoms with Crippen LogP contribution in [0, 0.1) is 0 Å². The summed E-state index contributed by atoms with van der Waals surface area (Å²) in [5, 5.41) is 0. The van der Waals surface area contributed by atoms with Crippen molar-refractivity contribution in [3.63, 3.8) is 0 Å². The highest BCUT2D eigenvalue weighted by Crippen LogP contribution is 2.38. The molecule has 1 aliphatic carbocycles. The highest BCUT2D eigenvalue weighted by molar-refractivity contribution is 5.70. The van der Waals surface area contributed by atoms with Crippen molar-refractivity contribution in [2.24, 2.45) is 0 Å². The molecular weight excluding hydrogens is 286 g/mol. The summed E-state index contributed by atoms with van der Waals surface area (Å²) in [7, 11) is 1.70. The second-order valence-electron chi connectivity index (χ2n) is 5.94. The summed E-state index contributed by atoms with van der Waals surface area (Å²) in [5.74, 6) is 1.76. The molecule has 0 bridgehead atoms. The van der Waals surface area contributed by atoms with Gasteiger partial charge in [-0.1, -0.05) is 18.2 Å². The Morgan fingerprint density at radius 1 is 1.04 bits per heavy atom. The van der Waals surface area contributed by atoms with E-state index in [2.05, 4.69) is 42.2 Å². The summed E-state index contributed by atoms with van der Waals surface area (Å²) < 4.78 is 11.7. The van der Waals surface area contributed by atoms with E-state index in [0.717, 1.165) is 36.6 Å². The zero-order valence-corrected chi connectivity index (χ0v) is 14.0. The molecule has 0 N–H and O–H groups in total. The molecule has 1 aliphatic rings. The molecule has 0 aliphatic heterocycles. The van der Waals surface area contributed by atoms with Crippen molar-refractivity contribution in [2.75, 3.05) is 18.6 Å². The Labute approximate surface area is 138 Å². The van der Waals surface area contributed by atoms with Crippen molar-refractivity contribution in [3.05, 3.63) is 48.5 Å². The Morgan fingerprint density at radius 2 is 1.78 bits per heavy atom. The van der Waals surface area contributed by atoms with E-state index in [4.69, 9.17) is 9.47 Å². The Hall–Kier alpha value is -2.16. The Kier molecular flexibility index (Phi) is 5.06. The summed E-state index contributed by atoms with van der Waals surface area (Å²) in [4.78, 5) is 2.28. The minimum Gasteiger partial charge on any atom is -0.497 e. The van der Waals surface area contributed by atoms with E-state index in [9.17, 15) is 0 Å². The summed E-state index contributed by atoms with van der Waals surface area (Å²) in [5.41, 5.74) is 2.28. The molecule has 0 radical (unpaired) electrons. The molecule has 23 heavy (non-hydrogen) atoms. The van der Waals surface area contributed by atoms with Gasteiger partial charge >= 0.3 is 0 Å². The van der Waals surface area contributed by atoms with Gasteiger partial charge in [-0.3, -0.25) is 0 Å². The number of rotatable bonds is 6. The van der Waals surface area contributed by atoms with Gasteiger partial charge in [0.05, 0.1) is 18.9 Å². The number of hydrogen-bond acceptors (Lipinski definition) is 3. The van der Waals surface area contributed by atoms with Gasteiger partial charge in [0.2, 0.25) is 0 Å². The van der Waals surface area contributed by atoms with Crippen LogP contribution in [0.4, 0.5) is 11.4 Å².